The van der Waals surface area contributed by atoms with Crippen LogP contribution in [0.1, 0.15) is 63.4 Å². The van der Waals surface area contributed by atoms with Crippen LogP contribution in [0.3, 0.4) is 0 Å². The van der Waals surface area contributed by atoms with E-state index in [2.05, 4.69) is 36.5 Å². The number of nitrogens with zero attached hydrogens (tertiary/aromatic N) is 3. The molecule has 1 saturated carbocycles. The van der Waals surface area contributed by atoms with Crippen LogP contribution in [0.2, 0.25) is 0 Å². The molecule has 1 aliphatic rings. The molecule has 0 spiro atoms. The predicted molar refractivity (Wildman–Crippen MR) is 123 cm³/mol. The molecule has 6 nitrogen and oxygen atoms in total. The maximum absolute atomic E-state index is 5.30. The molecular weight excluding hydrogens is 453 g/mol. The number of halogens is 1. The van der Waals surface area contributed by atoms with E-state index in [9.17, 15) is 0 Å². The zero-order valence-electron chi connectivity index (χ0n) is 17.7. The highest BCUT2D eigenvalue weighted by Crippen LogP contribution is 2.43. The molecule has 0 aromatic carbocycles. The van der Waals surface area contributed by atoms with E-state index in [0.717, 1.165) is 44.9 Å². The summed E-state index contributed by atoms with van der Waals surface area (Å²) in [7, 11) is 3.82. The van der Waals surface area contributed by atoms with Gasteiger partial charge in [0, 0.05) is 45.1 Å². The summed E-state index contributed by atoms with van der Waals surface area (Å²) in [5, 5.41) is 11.6. The molecule has 2 N–H and O–H groups in total. The third-order valence-electron chi connectivity index (χ3n) is 5.65. The molecule has 156 valence electrons. The first-order valence-electron chi connectivity index (χ1n) is 10.1. The molecule has 1 fully saturated rings. The van der Waals surface area contributed by atoms with Crippen molar-refractivity contribution in [1.29, 1.82) is 0 Å². The van der Waals surface area contributed by atoms with Crippen LogP contribution in [0.15, 0.2) is 4.99 Å². The minimum Gasteiger partial charge on any atom is -0.385 e. The van der Waals surface area contributed by atoms with Crippen molar-refractivity contribution in [3.8, 4) is 0 Å². The van der Waals surface area contributed by atoms with Gasteiger partial charge in [-0.15, -0.1) is 24.0 Å². The fraction of sp³-hybridized carbons (Fsp3) is 0.800. The molecule has 0 aliphatic heterocycles. The van der Waals surface area contributed by atoms with Crippen molar-refractivity contribution < 1.29 is 4.74 Å². The minimum atomic E-state index is 0. The minimum absolute atomic E-state index is 0. The van der Waals surface area contributed by atoms with Crippen molar-refractivity contribution in [2.75, 3.05) is 26.8 Å². The smallest absolute Gasteiger partial charge is 0.191 e. The van der Waals surface area contributed by atoms with Gasteiger partial charge < -0.3 is 15.4 Å². The molecule has 1 heterocycles. The third-order valence-corrected chi connectivity index (χ3v) is 5.65. The molecule has 0 amide bonds. The van der Waals surface area contributed by atoms with E-state index in [0.29, 0.717) is 12.0 Å². The van der Waals surface area contributed by atoms with E-state index in [1.165, 1.54) is 36.2 Å². The van der Waals surface area contributed by atoms with Crippen molar-refractivity contribution in [1.82, 2.24) is 20.4 Å². The van der Waals surface area contributed by atoms with E-state index < -0.39 is 0 Å². The van der Waals surface area contributed by atoms with Crippen LogP contribution in [-0.2, 0) is 31.2 Å². The second kappa shape index (κ2) is 11.9. The molecule has 0 bridgehead atoms. The topological polar surface area (TPSA) is 63.5 Å². The predicted octanol–water partition coefficient (Wildman–Crippen LogP) is 3.42. The zero-order valence-corrected chi connectivity index (χ0v) is 20.1. The second-order valence-electron chi connectivity index (χ2n) is 7.35. The lowest BCUT2D eigenvalue weighted by atomic mass is 9.67. The Balaban J connectivity index is 0.00000364. The summed E-state index contributed by atoms with van der Waals surface area (Å²) in [6.45, 7) is 9.81. The number of ether oxygens (including phenoxy) is 1. The summed E-state index contributed by atoms with van der Waals surface area (Å²) in [6.07, 6.45) is 6.95. The summed E-state index contributed by atoms with van der Waals surface area (Å²) < 4.78 is 7.32. The number of aryl methyl sites for hydroxylation is 2. The normalized spacial score (nSPS) is 15.8. The van der Waals surface area contributed by atoms with Crippen LogP contribution >= 0.6 is 24.0 Å². The van der Waals surface area contributed by atoms with Crippen LogP contribution in [0.25, 0.3) is 0 Å². The molecule has 1 aliphatic carbocycles. The number of hydrogen-bond donors (Lipinski definition) is 2. The van der Waals surface area contributed by atoms with Crippen molar-refractivity contribution >= 4 is 29.9 Å². The van der Waals surface area contributed by atoms with E-state index in [-0.39, 0.29) is 24.0 Å². The fourth-order valence-corrected chi connectivity index (χ4v) is 3.85. The van der Waals surface area contributed by atoms with E-state index in [1.54, 1.807) is 7.11 Å². The van der Waals surface area contributed by atoms with Crippen molar-refractivity contribution in [3.63, 3.8) is 0 Å². The number of nitrogens with one attached hydrogen (secondary N) is 2. The number of rotatable bonds is 10. The SMILES string of the molecule is CCNC(=NCc1c(CC)nn(C)c1CC)NCC1(CCOC)CCC1.I. The Labute approximate surface area is 181 Å². The largest absolute Gasteiger partial charge is 0.385 e. The molecule has 1 aromatic heterocycles. The Bertz CT molecular complexity index is 595. The summed E-state index contributed by atoms with van der Waals surface area (Å²) in [4.78, 5) is 4.87. The first-order chi connectivity index (χ1) is 12.6. The van der Waals surface area contributed by atoms with Crippen LogP contribution in [-0.4, -0.2) is 42.5 Å². The third kappa shape index (κ3) is 6.34. The number of aliphatic imine (C=N–C) groups is 1. The van der Waals surface area contributed by atoms with Crippen molar-refractivity contribution in [2.24, 2.45) is 17.5 Å². The summed E-state index contributed by atoms with van der Waals surface area (Å²) in [5.74, 6) is 0.907. The quantitative estimate of drug-likeness (QED) is 0.299. The lowest BCUT2D eigenvalue weighted by Gasteiger charge is -2.42. The van der Waals surface area contributed by atoms with Crippen LogP contribution in [0, 0.1) is 5.41 Å². The van der Waals surface area contributed by atoms with E-state index in [1.807, 2.05) is 11.7 Å². The maximum Gasteiger partial charge on any atom is 0.191 e. The molecule has 27 heavy (non-hydrogen) atoms. The Morgan fingerprint density at radius 3 is 2.48 bits per heavy atom. The van der Waals surface area contributed by atoms with Gasteiger partial charge >= 0.3 is 0 Å². The van der Waals surface area contributed by atoms with Gasteiger partial charge in [0.05, 0.1) is 12.2 Å². The monoisotopic (exact) mass is 491 g/mol. The zero-order chi connectivity index (χ0) is 19.0. The molecule has 1 aromatic rings. The van der Waals surface area contributed by atoms with Gasteiger partial charge in [0.25, 0.3) is 0 Å². The van der Waals surface area contributed by atoms with Crippen LogP contribution in [0.4, 0.5) is 0 Å². The lowest BCUT2D eigenvalue weighted by Crippen LogP contribution is -2.47. The number of aromatic nitrogens is 2. The Morgan fingerprint density at radius 2 is 1.96 bits per heavy atom. The number of methoxy groups -OCH3 is 1. The molecule has 0 saturated heterocycles. The van der Waals surface area contributed by atoms with Gasteiger partial charge in [0.2, 0.25) is 0 Å². The Hall–Kier alpha value is -0.830. The van der Waals surface area contributed by atoms with Crippen LogP contribution < -0.4 is 10.6 Å². The molecule has 7 heteroatoms. The Kier molecular flexibility index (Phi) is 10.7. The number of guanidine groups is 1. The number of hydrogen-bond acceptors (Lipinski definition) is 3. The summed E-state index contributed by atoms with van der Waals surface area (Å²) >= 11 is 0. The van der Waals surface area contributed by atoms with Gasteiger partial charge in [0.1, 0.15) is 0 Å². The van der Waals surface area contributed by atoms with Gasteiger partial charge in [-0.25, -0.2) is 4.99 Å². The van der Waals surface area contributed by atoms with Gasteiger partial charge in [0.15, 0.2) is 5.96 Å². The molecule has 0 unspecified atom stereocenters. The average molecular weight is 491 g/mol. The molecular formula is C20H38IN5O. The highest BCUT2D eigenvalue weighted by atomic mass is 127. The standard InChI is InChI=1S/C20H37N5O.HI/c1-6-17-16(18(7-2)25(4)24-17)14-22-19(21-8-3)23-15-20(10-9-11-20)12-13-26-5;/h6-15H2,1-5H3,(H2,21,22,23);1H. The highest BCUT2D eigenvalue weighted by Gasteiger charge is 2.36. The van der Waals surface area contributed by atoms with E-state index in [4.69, 9.17) is 9.73 Å². The van der Waals surface area contributed by atoms with Gasteiger partial charge in [-0.2, -0.15) is 5.10 Å². The maximum atomic E-state index is 5.30. The summed E-state index contributed by atoms with van der Waals surface area (Å²) in [5.41, 5.74) is 4.12. The highest BCUT2D eigenvalue weighted by molar-refractivity contribution is 14.0. The van der Waals surface area contributed by atoms with Gasteiger partial charge in [-0.3, -0.25) is 4.68 Å². The molecule has 2 rings (SSSR count). The average Bonchev–Trinajstić information content (AvgIpc) is 2.92. The van der Waals surface area contributed by atoms with E-state index >= 15 is 0 Å². The van der Waals surface area contributed by atoms with Crippen molar-refractivity contribution in [2.45, 2.75) is 65.8 Å². The van der Waals surface area contributed by atoms with Gasteiger partial charge in [-0.1, -0.05) is 20.3 Å². The molecule has 0 atom stereocenters. The lowest BCUT2D eigenvalue weighted by molar-refractivity contribution is 0.0732. The fourth-order valence-electron chi connectivity index (χ4n) is 3.85. The van der Waals surface area contributed by atoms with Crippen LogP contribution in [0.5, 0.6) is 0 Å². The van der Waals surface area contributed by atoms with Gasteiger partial charge in [-0.05, 0) is 44.4 Å². The Morgan fingerprint density at radius 1 is 1.22 bits per heavy atom. The molecule has 0 radical (unpaired) electrons. The van der Waals surface area contributed by atoms with Crippen molar-refractivity contribution in [3.05, 3.63) is 17.0 Å². The first-order valence-corrected chi connectivity index (χ1v) is 10.1. The summed E-state index contributed by atoms with van der Waals surface area (Å²) in [6, 6.07) is 0. The second-order valence-corrected chi connectivity index (χ2v) is 7.35. The first kappa shape index (κ1) is 24.2.